The van der Waals surface area contributed by atoms with Gasteiger partial charge in [0.2, 0.25) is 11.9 Å². The molecule has 0 spiro atoms. The van der Waals surface area contributed by atoms with E-state index in [0.717, 1.165) is 61.1 Å². The number of fused-ring (bicyclic) bond motifs is 1. The highest BCUT2D eigenvalue weighted by Gasteiger charge is 2.27. The van der Waals surface area contributed by atoms with Gasteiger partial charge in [-0.1, -0.05) is 13.3 Å². The number of nitrogens with one attached hydrogen (secondary N) is 3. The molecule has 0 bridgehead atoms. The molecule has 2 atom stereocenters. The maximum absolute atomic E-state index is 12.8. The maximum Gasteiger partial charge on any atom is 0.230 e. The number of nitrogens with zero attached hydrogens (tertiary/aromatic N) is 3. The molecule has 1 saturated carbocycles. The molecule has 0 aromatic carbocycles. The van der Waals surface area contributed by atoms with Crippen molar-refractivity contribution in [2.75, 3.05) is 17.2 Å². The lowest BCUT2D eigenvalue weighted by atomic mass is 9.85. The number of pyridine rings is 1. The Morgan fingerprint density at radius 1 is 1.29 bits per heavy atom. The van der Waals surface area contributed by atoms with Gasteiger partial charge in [-0.15, -0.1) is 0 Å². The topological polar surface area (TPSA) is 91.8 Å². The molecule has 3 rings (SSSR count). The summed E-state index contributed by atoms with van der Waals surface area (Å²) in [6.45, 7) is 9.24. The van der Waals surface area contributed by atoms with Crippen molar-refractivity contribution in [1.82, 2.24) is 20.3 Å². The Bertz CT molecular complexity index is 822. The number of carbonyl (C=O) groups excluding carboxylic acids is 1. The lowest BCUT2D eigenvalue weighted by molar-refractivity contribution is -0.121. The lowest BCUT2D eigenvalue weighted by Gasteiger charge is -2.28. The minimum Gasteiger partial charge on any atom is -0.366 e. The number of anilines is 2. The molecule has 0 aliphatic heterocycles. The predicted octanol–water partition coefficient (Wildman–Crippen LogP) is 3.65. The maximum atomic E-state index is 12.8. The fourth-order valence-corrected chi connectivity index (χ4v) is 3.78. The number of carbonyl (C=O) groups is 1. The van der Waals surface area contributed by atoms with Crippen LogP contribution in [0.4, 0.5) is 11.8 Å². The summed E-state index contributed by atoms with van der Waals surface area (Å²) in [7, 11) is 0. The fraction of sp³-hybridized carbons (Fsp3) is 0.619. The van der Waals surface area contributed by atoms with E-state index < -0.39 is 0 Å². The SMILES string of the molecule is CCCN[C@@H]1CCC[C@H](C(=O)Nc2ncc3cc(C)nc(NC(C)C)c3n2)C1. The van der Waals surface area contributed by atoms with Crippen LogP contribution < -0.4 is 16.0 Å². The van der Waals surface area contributed by atoms with Crippen molar-refractivity contribution in [2.45, 2.75) is 71.9 Å². The first kappa shape index (κ1) is 20.5. The Labute approximate surface area is 167 Å². The van der Waals surface area contributed by atoms with Gasteiger partial charge >= 0.3 is 0 Å². The molecular weight excluding hydrogens is 352 g/mol. The first-order valence-corrected chi connectivity index (χ1v) is 10.4. The van der Waals surface area contributed by atoms with E-state index in [9.17, 15) is 4.79 Å². The Balaban J connectivity index is 1.74. The van der Waals surface area contributed by atoms with E-state index in [-0.39, 0.29) is 17.9 Å². The quantitative estimate of drug-likeness (QED) is 0.675. The molecule has 7 nitrogen and oxygen atoms in total. The van der Waals surface area contributed by atoms with Gasteiger partial charge in [0, 0.05) is 35.3 Å². The van der Waals surface area contributed by atoms with E-state index in [1.54, 1.807) is 6.20 Å². The van der Waals surface area contributed by atoms with E-state index in [1.807, 2.05) is 13.0 Å². The van der Waals surface area contributed by atoms with Crippen LogP contribution in [0.2, 0.25) is 0 Å². The molecule has 0 unspecified atom stereocenters. The molecule has 0 saturated heterocycles. The Hall–Kier alpha value is -2.28. The second-order valence-corrected chi connectivity index (χ2v) is 8.05. The van der Waals surface area contributed by atoms with Crippen molar-refractivity contribution in [3.63, 3.8) is 0 Å². The minimum atomic E-state index is 0.00630. The second-order valence-electron chi connectivity index (χ2n) is 8.05. The Morgan fingerprint density at radius 3 is 2.86 bits per heavy atom. The third-order valence-corrected chi connectivity index (χ3v) is 5.08. The Kier molecular flexibility index (Phi) is 6.78. The van der Waals surface area contributed by atoms with Gasteiger partial charge in [0.1, 0.15) is 5.52 Å². The smallest absolute Gasteiger partial charge is 0.230 e. The van der Waals surface area contributed by atoms with Crippen LogP contribution in [0.5, 0.6) is 0 Å². The zero-order valence-electron chi connectivity index (χ0n) is 17.4. The summed E-state index contributed by atoms with van der Waals surface area (Å²) in [6.07, 6.45) is 6.88. The van der Waals surface area contributed by atoms with Crippen molar-refractivity contribution in [2.24, 2.45) is 5.92 Å². The molecule has 2 aromatic heterocycles. The fourth-order valence-electron chi connectivity index (χ4n) is 3.78. The van der Waals surface area contributed by atoms with Gasteiger partial charge < -0.3 is 10.6 Å². The van der Waals surface area contributed by atoms with Crippen LogP contribution in [-0.2, 0) is 4.79 Å². The average molecular weight is 385 g/mol. The van der Waals surface area contributed by atoms with Crippen LogP contribution in [0, 0.1) is 12.8 Å². The summed E-state index contributed by atoms with van der Waals surface area (Å²) < 4.78 is 0. The molecule has 0 radical (unpaired) electrons. The van der Waals surface area contributed by atoms with Gasteiger partial charge in [-0.2, -0.15) is 0 Å². The van der Waals surface area contributed by atoms with Gasteiger partial charge in [-0.05, 0) is 59.1 Å². The molecule has 1 aliphatic carbocycles. The number of hydrogen-bond acceptors (Lipinski definition) is 6. The molecule has 1 aliphatic rings. The average Bonchev–Trinajstić information content (AvgIpc) is 2.66. The number of rotatable bonds is 7. The van der Waals surface area contributed by atoms with Crippen molar-refractivity contribution >= 4 is 28.6 Å². The molecular formula is C21H32N6O. The normalized spacial score (nSPS) is 19.8. The number of aryl methyl sites for hydroxylation is 1. The van der Waals surface area contributed by atoms with Crippen molar-refractivity contribution in [1.29, 1.82) is 0 Å². The monoisotopic (exact) mass is 384 g/mol. The molecule has 1 amide bonds. The molecule has 1 fully saturated rings. The number of aromatic nitrogens is 3. The van der Waals surface area contributed by atoms with Gasteiger partial charge in [0.25, 0.3) is 0 Å². The molecule has 28 heavy (non-hydrogen) atoms. The summed E-state index contributed by atoms with van der Waals surface area (Å²) in [5.74, 6) is 1.09. The van der Waals surface area contributed by atoms with E-state index in [0.29, 0.717) is 12.0 Å². The molecule has 152 valence electrons. The van der Waals surface area contributed by atoms with Crippen LogP contribution in [0.15, 0.2) is 12.3 Å². The van der Waals surface area contributed by atoms with Crippen molar-refractivity contribution in [3.05, 3.63) is 18.0 Å². The standard InChI is InChI=1S/C21H32N6O/c1-5-9-22-17-8-6-7-15(11-17)20(28)27-21-23-12-16-10-14(4)25-19(18(16)26-21)24-13(2)3/h10,12-13,15,17,22H,5-9,11H2,1-4H3,(H,24,25)(H,23,26,27,28)/t15-,17+/m0/s1. The van der Waals surface area contributed by atoms with Gasteiger partial charge in [0.05, 0.1) is 0 Å². The van der Waals surface area contributed by atoms with E-state index in [4.69, 9.17) is 0 Å². The van der Waals surface area contributed by atoms with Crippen molar-refractivity contribution in [3.8, 4) is 0 Å². The highest BCUT2D eigenvalue weighted by atomic mass is 16.2. The molecule has 7 heteroatoms. The lowest BCUT2D eigenvalue weighted by Crippen LogP contribution is -2.38. The first-order valence-electron chi connectivity index (χ1n) is 10.4. The largest absolute Gasteiger partial charge is 0.366 e. The molecule has 2 heterocycles. The highest BCUT2D eigenvalue weighted by molar-refractivity contribution is 5.93. The van der Waals surface area contributed by atoms with Gasteiger partial charge in [-0.3, -0.25) is 10.1 Å². The van der Waals surface area contributed by atoms with Gasteiger partial charge in [0.15, 0.2) is 5.82 Å². The van der Waals surface area contributed by atoms with E-state index in [2.05, 4.69) is 51.7 Å². The molecule has 3 N–H and O–H groups in total. The minimum absolute atomic E-state index is 0.00630. The Morgan fingerprint density at radius 2 is 2.11 bits per heavy atom. The van der Waals surface area contributed by atoms with Gasteiger partial charge in [-0.25, -0.2) is 15.0 Å². The summed E-state index contributed by atoms with van der Waals surface area (Å²) in [5.41, 5.74) is 1.64. The van der Waals surface area contributed by atoms with Crippen LogP contribution in [0.3, 0.4) is 0 Å². The summed E-state index contributed by atoms with van der Waals surface area (Å²) >= 11 is 0. The number of hydrogen-bond donors (Lipinski definition) is 3. The summed E-state index contributed by atoms with van der Waals surface area (Å²) in [4.78, 5) is 26.3. The zero-order chi connectivity index (χ0) is 20.1. The van der Waals surface area contributed by atoms with Crippen molar-refractivity contribution < 1.29 is 4.79 Å². The van der Waals surface area contributed by atoms with E-state index in [1.165, 1.54) is 0 Å². The zero-order valence-corrected chi connectivity index (χ0v) is 17.4. The first-order chi connectivity index (χ1) is 13.5. The second kappa shape index (κ2) is 9.28. The van der Waals surface area contributed by atoms with Crippen LogP contribution in [0.1, 0.15) is 58.6 Å². The van der Waals surface area contributed by atoms with Crippen LogP contribution in [0.25, 0.3) is 10.9 Å². The van der Waals surface area contributed by atoms with Crippen LogP contribution in [-0.4, -0.2) is 39.5 Å². The predicted molar refractivity (Wildman–Crippen MR) is 113 cm³/mol. The third kappa shape index (κ3) is 5.16. The summed E-state index contributed by atoms with van der Waals surface area (Å²) in [6, 6.07) is 2.62. The van der Waals surface area contributed by atoms with Crippen LogP contribution >= 0.6 is 0 Å². The highest BCUT2D eigenvalue weighted by Crippen LogP contribution is 2.26. The summed E-state index contributed by atoms with van der Waals surface area (Å²) in [5, 5.41) is 10.7. The third-order valence-electron chi connectivity index (χ3n) is 5.08. The van der Waals surface area contributed by atoms with E-state index >= 15 is 0 Å². The number of amides is 1. The molecule has 2 aromatic rings.